The van der Waals surface area contributed by atoms with Crippen molar-refractivity contribution in [2.24, 2.45) is 0 Å². The van der Waals surface area contributed by atoms with E-state index in [0.717, 1.165) is 24.1 Å². The second kappa shape index (κ2) is 3.64. The van der Waals surface area contributed by atoms with Gasteiger partial charge in [-0.3, -0.25) is 9.89 Å². The summed E-state index contributed by atoms with van der Waals surface area (Å²) in [5, 5.41) is 3.19. The molecule has 0 aromatic carbocycles. The Kier molecular flexibility index (Phi) is 2.88. The van der Waals surface area contributed by atoms with Crippen molar-refractivity contribution in [3.63, 3.8) is 0 Å². The molecule has 80 valence electrons. The van der Waals surface area contributed by atoms with Crippen LogP contribution in [0.15, 0.2) is 4.79 Å². The Morgan fingerprint density at radius 1 is 1.36 bits per heavy atom. The zero-order valence-corrected chi connectivity index (χ0v) is 9.77. The molecule has 1 N–H and O–H groups in total. The maximum Gasteiger partial charge on any atom is 0.270 e. The van der Waals surface area contributed by atoms with Crippen molar-refractivity contribution >= 4 is 0 Å². The normalized spacial score (nSPS) is 12.1. The Hall–Kier alpha value is -0.990. The zero-order valence-electron chi connectivity index (χ0n) is 9.77. The molecule has 1 aromatic heterocycles. The van der Waals surface area contributed by atoms with E-state index < -0.39 is 0 Å². The summed E-state index contributed by atoms with van der Waals surface area (Å²) in [7, 11) is 0. The molecule has 0 radical (unpaired) electrons. The van der Waals surface area contributed by atoms with Crippen LogP contribution in [0.25, 0.3) is 0 Å². The van der Waals surface area contributed by atoms with Crippen LogP contribution in [0.4, 0.5) is 0 Å². The largest absolute Gasteiger partial charge is 0.299 e. The van der Waals surface area contributed by atoms with E-state index in [1.807, 2.05) is 27.7 Å². The van der Waals surface area contributed by atoms with Gasteiger partial charge in [-0.2, -0.15) is 0 Å². The molecule has 0 atom stereocenters. The summed E-state index contributed by atoms with van der Waals surface area (Å²) < 4.78 is 1.72. The second-order valence-corrected chi connectivity index (χ2v) is 4.78. The highest BCUT2D eigenvalue weighted by atomic mass is 16.1. The SMILES string of the molecule is CCCc1[nH]n(C(C)(C)C)c(=O)c1C. The van der Waals surface area contributed by atoms with Gasteiger partial charge < -0.3 is 0 Å². The molecule has 0 fully saturated rings. The molecule has 0 amide bonds. The molecule has 1 aromatic rings. The van der Waals surface area contributed by atoms with E-state index in [1.165, 1.54) is 0 Å². The lowest BCUT2D eigenvalue weighted by atomic mass is 10.1. The lowest BCUT2D eigenvalue weighted by Crippen LogP contribution is -2.32. The van der Waals surface area contributed by atoms with Crippen LogP contribution < -0.4 is 5.56 Å². The van der Waals surface area contributed by atoms with Crippen molar-refractivity contribution < 1.29 is 0 Å². The third kappa shape index (κ3) is 1.91. The van der Waals surface area contributed by atoms with Gasteiger partial charge in [0, 0.05) is 11.3 Å². The molecular formula is C11H20N2O. The number of aromatic nitrogens is 2. The van der Waals surface area contributed by atoms with Crippen LogP contribution in [-0.4, -0.2) is 9.78 Å². The minimum atomic E-state index is -0.159. The van der Waals surface area contributed by atoms with E-state index >= 15 is 0 Å². The molecule has 1 rings (SSSR count). The molecule has 0 bridgehead atoms. The first kappa shape index (κ1) is 11.1. The van der Waals surface area contributed by atoms with Crippen LogP contribution in [-0.2, 0) is 12.0 Å². The van der Waals surface area contributed by atoms with Crippen LogP contribution in [0, 0.1) is 6.92 Å². The number of aryl methyl sites for hydroxylation is 1. The molecule has 0 aliphatic carbocycles. The average molecular weight is 196 g/mol. The van der Waals surface area contributed by atoms with Gasteiger partial charge in [-0.15, -0.1) is 0 Å². The van der Waals surface area contributed by atoms with Crippen LogP contribution >= 0.6 is 0 Å². The smallest absolute Gasteiger partial charge is 0.270 e. The van der Waals surface area contributed by atoms with Gasteiger partial charge in [0.1, 0.15) is 0 Å². The quantitative estimate of drug-likeness (QED) is 0.773. The molecule has 0 unspecified atom stereocenters. The predicted octanol–water partition coefficient (Wildman–Crippen LogP) is 2.19. The minimum absolute atomic E-state index is 0.112. The topological polar surface area (TPSA) is 37.8 Å². The summed E-state index contributed by atoms with van der Waals surface area (Å²) in [6.07, 6.45) is 2.01. The third-order valence-electron chi connectivity index (χ3n) is 2.39. The first-order valence-electron chi connectivity index (χ1n) is 5.19. The number of hydrogen-bond acceptors (Lipinski definition) is 1. The fraction of sp³-hybridized carbons (Fsp3) is 0.727. The van der Waals surface area contributed by atoms with E-state index in [1.54, 1.807) is 4.68 Å². The molecule has 0 saturated carbocycles. The van der Waals surface area contributed by atoms with Gasteiger partial charge in [0.25, 0.3) is 5.56 Å². The molecule has 0 aliphatic rings. The summed E-state index contributed by atoms with van der Waals surface area (Å²) in [4.78, 5) is 11.8. The molecule has 3 heteroatoms. The highest BCUT2D eigenvalue weighted by Gasteiger charge is 2.19. The monoisotopic (exact) mass is 196 g/mol. The second-order valence-electron chi connectivity index (χ2n) is 4.78. The fourth-order valence-electron chi connectivity index (χ4n) is 1.53. The van der Waals surface area contributed by atoms with Gasteiger partial charge in [-0.05, 0) is 34.1 Å². The van der Waals surface area contributed by atoms with Crippen LogP contribution in [0.5, 0.6) is 0 Å². The standard InChI is InChI=1S/C11H20N2O/c1-6-7-9-8(2)10(14)13(12-9)11(3,4)5/h12H,6-7H2,1-5H3. The Morgan fingerprint density at radius 3 is 2.29 bits per heavy atom. The molecule has 3 nitrogen and oxygen atoms in total. The molecule has 14 heavy (non-hydrogen) atoms. The van der Waals surface area contributed by atoms with E-state index in [0.29, 0.717) is 0 Å². The van der Waals surface area contributed by atoms with E-state index in [4.69, 9.17) is 0 Å². The van der Waals surface area contributed by atoms with E-state index in [9.17, 15) is 4.79 Å². The highest BCUT2D eigenvalue weighted by Crippen LogP contribution is 2.12. The van der Waals surface area contributed by atoms with Crippen molar-refractivity contribution in [2.75, 3.05) is 0 Å². The van der Waals surface area contributed by atoms with Crippen LogP contribution in [0.3, 0.4) is 0 Å². The molecule has 0 aliphatic heterocycles. The van der Waals surface area contributed by atoms with Crippen molar-refractivity contribution in [1.82, 2.24) is 9.78 Å². The van der Waals surface area contributed by atoms with Crippen LogP contribution in [0.1, 0.15) is 45.4 Å². The van der Waals surface area contributed by atoms with Crippen molar-refractivity contribution in [3.05, 3.63) is 21.6 Å². The Bertz CT molecular complexity index is 366. The minimum Gasteiger partial charge on any atom is -0.299 e. The predicted molar refractivity (Wildman–Crippen MR) is 58.8 cm³/mol. The number of H-pyrrole nitrogens is 1. The van der Waals surface area contributed by atoms with Gasteiger partial charge in [-0.1, -0.05) is 13.3 Å². The van der Waals surface area contributed by atoms with Gasteiger partial charge in [0.05, 0.1) is 5.54 Å². The molecule has 0 saturated heterocycles. The maximum atomic E-state index is 11.8. The summed E-state index contributed by atoms with van der Waals surface area (Å²) in [5.41, 5.74) is 1.89. The van der Waals surface area contributed by atoms with E-state index in [-0.39, 0.29) is 11.1 Å². The van der Waals surface area contributed by atoms with Crippen molar-refractivity contribution in [2.45, 2.75) is 53.0 Å². The Labute approximate surface area is 85.1 Å². The lowest BCUT2D eigenvalue weighted by Gasteiger charge is -2.19. The number of hydrogen-bond donors (Lipinski definition) is 1. The first-order chi connectivity index (χ1) is 6.38. The van der Waals surface area contributed by atoms with Gasteiger partial charge in [-0.25, -0.2) is 4.68 Å². The average Bonchev–Trinajstić information content (AvgIpc) is 2.32. The third-order valence-corrected chi connectivity index (χ3v) is 2.39. The van der Waals surface area contributed by atoms with Gasteiger partial charge >= 0.3 is 0 Å². The summed E-state index contributed by atoms with van der Waals surface area (Å²) >= 11 is 0. The van der Waals surface area contributed by atoms with Gasteiger partial charge in [0.15, 0.2) is 0 Å². The molecule has 1 heterocycles. The number of nitrogens with one attached hydrogen (secondary N) is 1. The Balaban J connectivity index is 3.23. The molecule has 0 spiro atoms. The van der Waals surface area contributed by atoms with Gasteiger partial charge in [0.2, 0.25) is 0 Å². The number of nitrogens with zero attached hydrogens (tertiary/aromatic N) is 1. The van der Waals surface area contributed by atoms with Crippen molar-refractivity contribution in [1.29, 1.82) is 0 Å². The zero-order chi connectivity index (χ0) is 10.9. The number of aromatic amines is 1. The fourth-order valence-corrected chi connectivity index (χ4v) is 1.53. The number of rotatable bonds is 2. The highest BCUT2D eigenvalue weighted by molar-refractivity contribution is 5.16. The molecular weight excluding hydrogens is 176 g/mol. The van der Waals surface area contributed by atoms with E-state index in [2.05, 4.69) is 12.0 Å². The van der Waals surface area contributed by atoms with Crippen LogP contribution in [0.2, 0.25) is 0 Å². The maximum absolute atomic E-state index is 11.8. The summed E-state index contributed by atoms with van der Waals surface area (Å²) in [5.74, 6) is 0. The summed E-state index contributed by atoms with van der Waals surface area (Å²) in [6.45, 7) is 10.1. The Morgan fingerprint density at radius 2 is 1.93 bits per heavy atom. The van der Waals surface area contributed by atoms with Crippen molar-refractivity contribution in [3.8, 4) is 0 Å². The summed E-state index contributed by atoms with van der Waals surface area (Å²) in [6, 6.07) is 0. The first-order valence-corrected chi connectivity index (χ1v) is 5.19. The lowest BCUT2D eigenvalue weighted by molar-refractivity contribution is 0.343.